The van der Waals surface area contributed by atoms with Crippen LogP contribution in [0.5, 0.6) is 0 Å². The highest BCUT2D eigenvalue weighted by molar-refractivity contribution is 7.07. The highest BCUT2D eigenvalue weighted by atomic mass is 32.1. The Balaban J connectivity index is 1.96. The summed E-state index contributed by atoms with van der Waals surface area (Å²) in [7, 11) is 0. The summed E-state index contributed by atoms with van der Waals surface area (Å²) in [5.74, 6) is -0.226. The van der Waals surface area contributed by atoms with Crippen molar-refractivity contribution in [2.45, 2.75) is 25.5 Å². The Labute approximate surface area is 116 Å². The van der Waals surface area contributed by atoms with E-state index in [2.05, 4.69) is 5.32 Å². The Kier molecular flexibility index (Phi) is 5.07. The maximum Gasteiger partial charge on any atom is 0.123 e. The number of aliphatic hydroxyl groups excluding tert-OH is 1. The fourth-order valence-electron chi connectivity index (χ4n) is 2.06. The molecule has 1 aromatic heterocycles. The zero-order valence-electron chi connectivity index (χ0n) is 10.8. The van der Waals surface area contributed by atoms with E-state index in [1.54, 1.807) is 17.4 Å². The van der Waals surface area contributed by atoms with Gasteiger partial charge in [-0.25, -0.2) is 4.39 Å². The molecular weight excluding hydrogens is 261 g/mol. The molecule has 2 rings (SSSR count). The van der Waals surface area contributed by atoms with Crippen molar-refractivity contribution in [2.75, 3.05) is 6.54 Å². The predicted molar refractivity (Wildman–Crippen MR) is 76.7 cm³/mol. The summed E-state index contributed by atoms with van der Waals surface area (Å²) in [6.07, 6.45) is 0.327. The van der Waals surface area contributed by atoms with E-state index in [4.69, 9.17) is 0 Å². The quantitative estimate of drug-likeness (QED) is 0.845. The fourth-order valence-corrected chi connectivity index (χ4v) is 2.76. The van der Waals surface area contributed by atoms with Gasteiger partial charge >= 0.3 is 0 Å². The zero-order valence-corrected chi connectivity index (χ0v) is 11.7. The van der Waals surface area contributed by atoms with Gasteiger partial charge < -0.3 is 10.4 Å². The standard InChI is InChI=1S/C15H18FNOS/c1-2-14(11-4-3-5-13(16)8-11)17-9-15(18)12-6-7-19-10-12/h3-8,10,14-15,17-18H,2,9H2,1H3. The van der Waals surface area contributed by atoms with Crippen molar-refractivity contribution in [1.29, 1.82) is 0 Å². The lowest BCUT2D eigenvalue weighted by Crippen LogP contribution is -2.26. The minimum absolute atomic E-state index is 0.0592. The molecule has 0 spiro atoms. The molecule has 0 saturated carbocycles. The molecule has 1 heterocycles. The summed E-state index contributed by atoms with van der Waals surface area (Å²) in [5, 5.41) is 17.2. The highest BCUT2D eigenvalue weighted by Gasteiger charge is 2.13. The van der Waals surface area contributed by atoms with Crippen LogP contribution in [0, 0.1) is 5.82 Å². The molecule has 2 nitrogen and oxygen atoms in total. The van der Waals surface area contributed by atoms with Crippen LogP contribution < -0.4 is 5.32 Å². The number of aliphatic hydroxyl groups is 1. The third-order valence-electron chi connectivity index (χ3n) is 3.14. The maximum atomic E-state index is 13.2. The van der Waals surface area contributed by atoms with Gasteiger partial charge in [0.15, 0.2) is 0 Å². The van der Waals surface area contributed by atoms with Crippen molar-refractivity contribution >= 4 is 11.3 Å². The van der Waals surface area contributed by atoms with Gasteiger partial charge in [0, 0.05) is 12.6 Å². The first-order chi connectivity index (χ1) is 9.20. The number of rotatable bonds is 6. The number of hydrogen-bond donors (Lipinski definition) is 2. The summed E-state index contributed by atoms with van der Waals surface area (Å²) < 4.78 is 13.2. The minimum atomic E-state index is -0.520. The van der Waals surface area contributed by atoms with Crippen LogP contribution in [0.4, 0.5) is 4.39 Å². The second kappa shape index (κ2) is 6.80. The van der Waals surface area contributed by atoms with Crippen molar-refractivity contribution < 1.29 is 9.50 Å². The lowest BCUT2D eigenvalue weighted by atomic mass is 10.0. The molecule has 2 atom stereocenters. The molecule has 2 unspecified atom stereocenters. The largest absolute Gasteiger partial charge is 0.387 e. The lowest BCUT2D eigenvalue weighted by molar-refractivity contribution is 0.170. The SMILES string of the molecule is CCC(NCC(O)c1ccsc1)c1cccc(F)c1. The van der Waals surface area contributed by atoms with Gasteiger partial charge in [-0.05, 0) is 46.5 Å². The van der Waals surface area contributed by atoms with E-state index in [1.165, 1.54) is 12.1 Å². The van der Waals surface area contributed by atoms with Crippen molar-refractivity contribution in [1.82, 2.24) is 5.32 Å². The Bertz CT molecular complexity index is 501. The average Bonchev–Trinajstić information content (AvgIpc) is 2.93. The van der Waals surface area contributed by atoms with Crippen LogP contribution in [0.1, 0.15) is 36.6 Å². The third-order valence-corrected chi connectivity index (χ3v) is 3.85. The Morgan fingerprint density at radius 1 is 1.32 bits per heavy atom. The van der Waals surface area contributed by atoms with Gasteiger partial charge in [-0.2, -0.15) is 11.3 Å². The Morgan fingerprint density at radius 2 is 2.16 bits per heavy atom. The van der Waals surface area contributed by atoms with Crippen LogP contribution in [-0.4, -0.2) is 11.7 Å². The molecule has 2 aromatic rings. The predicted octanol–water partition coefficient (Wildman–Crippen LogP) is 3.66. The zero-order chi connectivity index (χ0) is 13.7. The first-order valence-electron chi connectivity index (χ1n) is 6.39. The van der Waals surface area contributed by atoms with Crippen LogP contribution in [0.2, 0.25) is 0 Å². The monoisotopic (exact) mass is 279 g/mol. The molecule has 0 saturated heterocycles. The van der Waals surface area contributed by atoms with E-state index in [0.29, 0.717) is 6.54 Å². The van der Waals surface area contributed by atoms with Gasteiger partial charge in [0.05, 0.1) is 6.10 Å². The Morgan fingerprint density at radius 3 is 2.79 bits per heavy atom. The number of thiophene rings is 1. The van der Waals surface area contributed by atoms with Crippen LogP contribution >= 0.6 is 11.3 Å². The van der Waals surface area contributed by atoms with E-state index in [9.17, 15) is 9.50 Å². The smallest absolute Gasteiger partial charge is 0.123 e. The van der Waals surface area contributed by atoms with Crippen LogP contribution in [-0.2, 0) is 0 Å². The topological polar surface area (TPSA) is 32.3 Å². The molecule has 0 aliphatic rings. The number of halogens is 1. The normalized spacial score (nSPS) is 14.3. The molecule has 0 aliphatic heterocycles. The lowest BCUT2D eigenvalue weighted by Gasteiger charge is -2.19. The molecule has 0 bridgehead atoms. The van der Waals surface area contributed by atoms with Gasteiger partial charge in [-0.15, -0.1) is 0 Å². The molecule has 0 radical (unpaired) electrons. The maximum absolute atomic E-state index is 13.2. The molecule has 0 fully saturated rings. The van der Waals surface area contributed by atoms with Gasteiger partial charge in [0.1, 0.15) is 5.82 Å². The second-order valence-electron chi connectivity index (χ2n) is 4.50. The molecule has 4 heteroatoms. The summed E-state index contributed by atoms with van der Waals surface area (Å²) in [5.41, 5.74) is 1.84. The molecule has 19 heavy (non-hydrogen) atoms. The van der Waals surface area contributed by atoms with E-state index < -0.39 is 6.10 Å². The average molecular weight is 279 g/mol. The third kappa shape index (κ3) is 3.86. The first kappa shape index (κ1) is 14.2. The van der Waals surface area contributed by atoms with Crippen molar-refractivity contribution in [3.63, 3.8) is 0 Å². The van der Waals surface area contributed by atoms with Crippen LogP contribution in [0.15, 0.2) is 41.1 Å². The van der Waals surface area contributed by atoms with Gasteiger partial charge in [0.2, 0.25) is 0 Å². The molecule has 2 N–H and O–H groups in total. The first-order valence-corrected chi connectivity index (χ1v) is 7.34. The Hall–Kier alpha value is -1.23. The number of nitrogens with one attached hydrogen (secondary N) is 1. The summed E-state index contributed by atoms with van der Waals surface area (Å²) in [6.45, 7) is 2.51. The second-order valence-corrected chi connectivity index (χ2v) is 5.28. The molecular formula is C15H18FNOS. The van der Waals surface area contributed by atoms with Gasteiger partial charge in [-0.1, -0.05) is 19.1 Å². The number of benzene rings is 1. The number of hydrogen-bond acceptors (Lipinski definition) is 3. The van der Waals surface area contributed by atoms with E-state index >= 15 is 0 Å². The van der Waals surface area contributed by atoms with Gasteiger partial charge in [-0.3, -0.25) is 0 Å². The fraction of sp³-hybridized carbons (Fsp3) is 0.333. The van der Waals surface area contributed by atoms with E-state index in [-0.39, 0.29) is 11.9 Å². The van der Waals surface area contributed by atoms with Crippen LogP contribution in [0.3, 0.4) is 0 Å². The molecule has 0 amide bonds. The summed E-state index contributed by atoms with van der Waals surface area (Å²) in [6, 6.07) is 8.57. The van der Waals surface area contributed by atoms with Gasteiger partial charge in [0.25, 0.3) is 0 Å². The van der Waals surface area contributed by atoms with E-state index in [0.717, 1.165) is 17.5 Å². The van der Waals surface area contributed by atoms with E-state index in [1.807, 2.05) is 29.8 Å². The van der Waals surface area contributed by atoms with Crippen molar-refractivity contribution in [2.24, 2.45) is 0 Å². The molecule has 0 aliphatic carbocycles. The summed E-state index contributed by atoms with van der Waals surface area (Å²) in [4.78, 5) is 0. The molecule has 1 aromatic carbocycles. The van der Waals surface area contributed by atoms with Crippen molar-refractivity contribution in [3.8, 4) is 0 Å². The minimum Gasteiger partial charge on any atom is -0.387 e. The van der Waals surface area contributed by atoms with Crippen molar-refractivity contribution in [3.05, 3.63) is 58.0 Å². The van der Waals surface area contributed by atoms with Crippen LogP contribution in [0.25, 0.3) is 0 Å². The summed E-state index contributed by atoms with van der Waals surface area (Å²) >= 11 is 1.57. The highest BCUT2D eigenvalue weighted by Crippen LogP contribution is 2.20. The molecule has 102 valence electrons.